The number of imide groups is 1. The lowest BCUT2D eigenvalue weighted by Crippen LogP contribution is -2.35. The van der Waals surface area contributed by atoms with Gasteiger partial charge in [-0.2, -0.15) is 5.10 Å². The Morgan fingerprint density at radius 2 is 1.84 bits per heavy atom. The van der Waals surface area contributed by atoms with Crippen LogP contribution >= 0.6 is 0 Å². The number of nitrogens with one attached hydrogen (secondary N) is 1. The minimum Gasteiger partial charge on any atom is -0.443 e. The molecule has 0 saturated carbocycles. The van der Waals surface area contributed by atoms with Crippen molar-refractivity contribution in [3.05, 3.63) is 0 Å². The zero-order chi connectivity index (χ0) is 14.6. The van der Waals surface area contributed by atoms with E-state index in [9.17, 15) is 14.4 Å². The van der Waals surface area contributed by atoms with Gasteiger partial charge in [0.1, 0.15) is 5.60 Å². The number of hydrogen-bond donors (Lipinski definition) is 1. The Kier molecular flexibility index (Phi) is 4.63. The molecule has 1 fully saturated rings. The minimum absolute atomic E-state index is 0.0907. The van der Waals surface area contributed by atoms with Crippen LogP contribution in [0.4, 0.5) is 4.79 Å². The summed E-state index contributed by atoms with van der Waals surface area (Å²) >= 11 is 0. The first kappa shape index (κ1) is 15.1. The summed E-state index contributed by atoms with van der Waals surface area (Å²) in [5.74, 6) is -0.423. The van der Waals surface area contributed by atoms with Crippen LogP contribution in [-0.4, -0.2) is 40.7 Å². The molecule has 7 heteroatoms. The fourth-order valence-corrected chi connectivity index (χ4v) is 1.51. The van der Waals surface area contributed by atoms with Crippen molar-refractivity contribution in [3.8, 4) is 0 Å². The van der Waals surface area contributed by atoms with Crippen LogP contribution in [0.1, 0.15) is 40.5 Å². The van der Waals surface area contributed by atoms with Crippen LogP contribution in [0.5, 0.6) is 0 Å². The average Bonchev–Trinajstić information content (AvgIpc) is 2.56. The van der Waals surface area contributed by atoms with Gasteiger partial charge in [0, 0.05) is 12.8 Å². The normalized spacial score (nSPS) is 16.8. The summed E-state index contributed by atoms with van der Waals surface area (Å²) in [5.41, 5.74) is 2.07. The first-order valence-electron chi connectivity index (χ1n) is 6.04. The summed E-state index contributed by atoms with van der Waals surface area (Å²) in [7, 11) is 0. The summed E-state index contributed by atoms with van der Waals surface area (Å²) in [6.45, 7) is 6.93. The van der Waals surface area contributed by atoms with Crippen molar-refractivity contribution in [2.45, 2.75) is 46.1 Å². The largest absolute Gasteiger partial charge is 0.443 e. The van der Waals surface area contributed by atoms with E-state index in [1.54, 1.807) is 27.7 Å². The lowest BCUT2D eigenvalue weighted by Gasteiger charge is -2.19. The van der Waals surface area contributed by atoms with Crippen molar-refractivity contribution in [3.63, 3.8) is 0 Å². The molecule has 0 spiro atoms. The first-order valence-corrected chi connectivity index (χ1v) is 6.04. The van der Waals surface area contributed by atoms with E-state index in [0.29, 0.717) is 5.71 Å². The van der Waals surface area contributed by atoms with Crippen LogP contribution in [-0.2, 0) is 14.3 Å². The van der Waals surface area contributed by atoms with Gasteiger partial charge >= 0.3 is 6.09 Å². The highest BCUT2D eigenvalue weighted by Gasteiger charge is 2.29. The molecule has 1 saturated heterocycles. The molecule has 19 heavy (non-hydrogen) atoms. The molecular weight excluding hydrogens is 250 g/mol. The second kappa shape index (κ2) is 5.81. The van der Waals surface area contributed by atoms with E-state index in [2.05, 4.69) is 10.5 Å². The third kappa shape index (κ3) is 5.07. The Hall–Kier alpha value is -1.92. The number of carbonyl (C=O) groups excluding carboxylic acids is 3. The van der Waals surface area contributed by atoms with Crippen LogP contribution in [0.15, 0.2) is 5.10 Å². The van der Waals surface area contributed by atoms with Crippen molar-refractivity contribution in [1.29, 1.82) is 0 Å². The van der Waals surface area contributed by atoms with Gasteiger partial charge in [-0.15, -0.1) is 0 Å². The highest BCUT2D eigenvalue weighted by atomic mass is 16.6. The molecule has 0 bridgehead atoms. The predicted octanol–water partition coefficient (Wildman–Crippen LogP) is 1.04. The second-order valence-electron chi connectivity index (χ2n) is 5.33. The van der Waals surface area contributed by atoms with E-state index in [1.165, 1.54) is 0 Å². The Morgan fingerprint density at radius 3 is 2.32 bits per heavy atom. The van der Waals surface area contributed by atoms with E-state index in [1.807, 2.05) is 0 Å². The van der Waals surface area contributed by atoms with E-state index in [-0.39, 0.29) is 31.2 Å². The standard InChI is InChI=1S/C12H19N3O4/c1-8(7-15-9(16)5-6-10(15)17)13-14-11(18)19-12(2,3)4/h5-7H2,1-4H3,(H,14,18)/b13-8+. The van der Waals surface area contributed by atoms with Crippen LogP contribution in [0.25, 0.3) is 0 Å². The monoisotopic (exact) mass is 269 g/mol. The Labute approximate surface area is 112 Å². The molecule has 3 amide bonds. The van der Waals surface area contributed by atoms with Gasteiger partial charge < -0.3 is 4.74 Å². The second-order valence-corrected chi connectivity index (χ2v) is 5.33. The fraction of sp³-hybridized carbons (Fsp3) is 0.667. The van der Waals surface area contributed by atoms with Gasteiger partial charge in [0.15, 0.2) is 0 Å². The number of hydrazone groups is 1. The molecule has 1 aliphatic heterocycles. The van der Waals surface area contributed by atoms with Gasteiger partial charge in [-0.25, -0.2) is 10.2 Å². The van der Waals surface area contributed by atoms with Crippen LogP contribution in [0.2, 0.25) is 0 Å². The van der Waals surface area contributed by atoms with Crippen molar-refractivity contribution in [2.75, 3.05) is 6.54 Å². The molecular formula is C12H19N3O4. The molecule has 0 aromatic carbocycles. The zero-order valence-corrected chi connectivity index (χ0v) is 11.6. The van der Waals surface area contributed by atoms with Gasteiger partial charge in [0.05, 0.1) is 12.3 Å². The molecule has 1 N–H and O–H groups in total. The van der Waals surface area contributed by atoms with Crippen LogP contribution in [0, 0.1) is 0 Å². The number of nitrogens with zero attached hydrogens (tertiary/aromatic N) is 2. The van der Waals surface area contributed by atoms with E-state index in [4.69, 9.17) is 4.74 Å². The highest BCUT2D eigenvalue weighted by molar-refractivity contribution is 6.05. The van der Waals surface area contributed by atoms with Gasteiger partial charge in [-0.3, -0.25) is 14.5 Å². The predicted molar refractivity (Wildman–Crippen MR) is 68.4 cm³/mol. The minimum atomic E-state index is -0.675. The summed E-state index contributed by atoms with van der Waals surface area (Å²) in [6, 6.07) is 0. The number of likely N-dealkylation sites (tertiary alicyclic amines) is 1. The third-order valence-corrected chi connectivity index (χ3v) is 2.28. The van der Waals surface area contributed by atoms with Gasteiger partial charge in [-0.1, -0.05) is 0 Å². The zero-order valence-electron chi connectivity index (χ0n) is 11.6. The smallest absolute Gasteiger partial charge is 0.428 e. The fourth-order valence-electron chi connectivity index (χ4n) is 1.51. The summed E-state index contributed by atoms with van der Waals surface area (Å²) in [6.07, 6.45) is -0.192. The number of ether oxygens (including phenoxy) is 1. The van der Waals surface area contributed by atoms with E-state index in [0.717, 1.165) is 4.90 Å². The van der Waals surface area contributed by atoms with Crippen molar-refractivity contribution in [1.82, 2.24) is 10.3 Å². The molecule has 1 heterocycles. The molecule has 0 aromatic heterocycles. The average molecular weight is 269 g/mol. The number of amides is 3. The molecule has 7 nitrogen and oxygen atoms in total. The van der Waals surface area contributed by atoms with E-state index >= 15 is 0 Å². The maximum absolute atomic E-state index is 11.4. The Morgan fingerprint density at radius 1 is 1.32 bits per heavy atom. The van der Waals surface area contributed by atoms with Crippen molar-refractivity contribution < 1.29 is 19.1 Å². The molecule has 106 valence electrons. The Bertz CT molecular complexity index is 407. The molecule has 1 rings (SSSR count). The van der Waals surface area contributed by atoms with Crippen LogP contribution in [0.3, 0.4) is 0 Å². The maximum atomic E-state index is 11.4. The van der Waals surface area contributed by atoms with E-state index < -0.39 is 11.7 Å². The highest BCUT2D eigenvalue weighted by Crippen LogP contribution is 2.11. The quantitative estimate of drug-likeness (QED) is 0.471. The molecule has 0 atom stereocenters. The summed E-state index contributed by atoms with van der Waals surface area (Å²) in [5, 5.41) is 3.79. The molecule has 0 radical (unpaired) electrons. The summed E-state index contributed by atoms with van der Waals surface area (Å²) in [4.78, 5) is 35.2. The van der Waals surface area contributed by atoms with Crippen LogP contribution < -0.4 is 5.43 Å². The summed E-state index contributed by atoms with van der Waals surface area (Å²) < 4.78 is 5.00. The molecule has 0 unspecified atom stereocenters. The third-order valence-electron chi connectivity index (χ3n) is 2.28. The SMILES string of the molecule is C/C(CN1C(=O)CCC1=O)=N\NC(=O)OC(C)(C)C. The number of hydrogen-bond acceptors (Lipinski definition) is 5. The topological polar surface area (TPSA) is 88.1 Å². The molecule has 0 aromatic rings. The number of rotatable bonds is 3. The lowest BCUT2D eigenvalue weighted by molar-refractivity contribution is -0.137. The van der Waals surface area contributed by atoms with Gasteiger partial charge in [0.25, 0.3) is 0 Å². The molecule has 0 aliphatic carbocycles. The van der Waals surface area contributed by atoms with Gasteiger partial charge in [-0.05, 0) is 27.7 Å². The lowest BCUT2D eigenvalue weighted by atomic mass is 10.2. The van der Waals surface area contributed by atoms with Gasteiger partial charge in [0.2, 0.25) is 11.8 Å². The molecule has 1 aliphatic rings. The first-order chi connectivity index (χ1) is 8.69. The Balaban J connectivity index is 2.47. The van der Waals surface area contributed by atoms with Crippen molar-refractivity contribution >= 4 is 23.6 Å². The van der Waals surface area contributed by atoms with Crippen molar-refractivity contribution in [2.24, 2.45) is 5.10 Å². The maximum Gasteiger partial charge on any atom is 0.428 e. The number of carbonyl (C=O) groups is 3.